The summed E-state index contributed by atoms with van der Waals surface area (Å²) in [5.41, 5.74) is 0. The van der Waals surface area contributed by atoms with Crippen molar-refractivity contribution in [2.75, 3.05) is 6.26 Å². The lowest BCUT2D eigenvalue weighted by atomic mass is 10.5. The molecule has 0 aliphatic heterocycles. The molecule has 1 heterocycles. The van der Waals surface area contributed by atoms with Crippen LogP contribution in [-0.2, 0) is 0 Å². The topological polar surface area (TPSA) is 3.88 Å². The van der Waals surface area contributed by atoms with Gasteiger partial charge in [0, 0.05) is 19.1 Å². The average molecular weight is 154 g/mol. The van der Waals surface area contributed by atoms with Gasteiger partial charge in [-0.3, -0.25) is 0 Å². The fraction of sp³-hybridized carbons (Fsp3) is 0.375. The molecule has 1 rings (SSSR count). The zero-order chi connectivity index (χ0) is 7.40. The Balaban J connectivity index is 2.75. The van der Waals surface area contributed by atoms with Crippen molar-refractivity contribution in [3.63, 3.8) is 0 Å². The van der Waals surface area contributed by atoms with Crippen LogP contribution >= 0.6 is 11.8 Å². The van der Waals surface area contributed by atoms with Crippen LogP contribution in [0.3, 0.4) is 0 Å². The van der Waals surface area contributed by atoms with Crippen molar-refractivity contribution in [1.82, 2.24) is 0 Å². The lowest BCUT2D eigenvalue weighted by Gasteiger charge is -2.00. The second-order valence-corrected chi connectivity index (χ2v) is 3.31. The summed E-state index contributed by atoms with van der Waals surface area (Å²) in [6, 6.07) is 6.13. The third-order valence-corrected chi connectivity index (χ3v) is 2.43. The SMILES string of the molecule is CSC(C)[n+]1ccccc1. The van der Waals surface area contributed by atoms with Crippen molar-refractivity contribution in [2.24, 2.45) is 0 Å². The fourth-order valence-corrected chi connectivity index (χ4v) is 1.16. The summed E-state index contributed by atoms with van der Waals surface area (Å²) in [4.78, 5) is 0. The van der Waals surface area contributed by atoms with E-state index < -0.39 is 0 Å². The van der Waals surface area contributed by atoms with Crippen LogP contribution in [0.25, 0.3) is 0 Å². The molecule has 1 atom stereocenters. The summed E-state index contributed by atoms with van der Waals surface area (Å²) >= 11 is 1.84. The van der Waals surface area contributed by atoms with Gasteiger partial charge in [0.05, 0.1) is 0 Å². The molecular formula is C8H12NS+. The monoisotopic (exact) mass is 154 g/mol. The standard InChI is InChI=1S/C8H12NS/c1-8(10-2)9-6-4-3-5-7-9/h3-8H,1-2H3/q+1. The first kappa shape index (κ1) is 7.61. The van der Waals surface area contributed by atoms with Crippen LogP contribution in [0.1, 0.15) is 12.3 Å². The predicted octanol–water partition coefficient (Wildman–Crippen LogP) is 1.86. The van der Waals surface area contributed by atoms with Crippen molar-refractivity contribution in [3.8, 4) is 0 Å². The molecule has 54 valence electrons. The number of aromatic nitrogens is 1. The van der Waals surface area contributed by atoms with Gasteiger partial charge >= 0.3 is 0 Å². The Bertz CT molecular complexity index is 186. The van der Waals surface area contributed by atoms with E-state index in [1.165, 1.54) is 0 Å². The Morgan fingerprint density at radius 2 is 1.80 bits per heavy atom. The first-order chi connectivity index (χ1) is 4.84. The predicted molar refractivity (Wildman–Crippen MR) is 44.9 cm³/mol. The molecule has 1 nitrogen and oxygen atoms in total. The van der Waals surface area contributed by atoms with E-state index in [9.17, 15) is 0 Å². The summed E-state index contributed by atoms with van der Waals surface area (Å²) in [7, 11) is 0. The fourth-order valence-electron chi connectivity index (χ4n) is 0.776. The Morgan fingerprint density at radius 3 is 2.30 bits per heavy atom. The largest absolute Gasteiger partial charge is 0.201 e. The quantitative estimate of drug-likeness (QED) is 0.588. The molecule has 1 aromatic rings. The Hall–Kier alpha value is -0.500. The van der Waals surface area contributed by atoms with Crippen molar-refractivity contribution in [1.29, 1.82) is 0 Å². The molecule has 2 heteroatoms. The third-order valence-electron chi connectivity index (χ3n) is 1.50. The molecule has 0 radical (unpaired) electrons. The summed E-state index contributed by atoms with van der Waals surface area (Å²) in [6.07, 6.45) is 6.28. The van der Waals surface area contributed by atoms with Crippen LogP contribution < -0.4 is 4.57 Å². The molecule has 1 unspecified atom stereocenters. The summed E-state index contributed by atoms with van der Waals surface area (Å²) in [5, 5.41) is 0.543. The second kappa shape index (κ2) is 3.62. The van der Waals surface area contributed by atoms with Gasteiger partial charge in [0.2, 0.25) is 5.37 Å². The number of thioether (sulfide) groups is 1. The zero-order valence-electron chi connectivity index (χ0n) is 6.32. The number of hydrogen-bond acceptors (Lipinski definition) is 1. The van der Waals surface area contributed by atoms with Gasteiger partial charge in [-0.05, 0) is 6.26 Å². The van der Waals surface area contributed by atoms with Gasteiger partial charge in [-0.15, -0.1) is 0 Å². The van der Waals surface area contributed by atoms with E-state index in [4.69, 9.17) is 0 Å². The van der Waals surface area contributed by atoms with Crippen LogP contribution in [0.15, 0.2) is 30.6 Å². The van der Waals surface area contributed by atoms with E-state index in [0.717, 1.165) is 0 Å². The number of rotatable bonds is 2. The van der Waals surface area contributed by atoms with Crippen LogP contribution in [0, 0.1) is 0 Å². The Kier molecular flexibility index (Phi) is 2.75. The summed E-state index contributed by atoms with van der Waals surface area (Å²) < 4.78 is 2.19. The molecule has 10 heavy (non-hydrogen) atoms. The molecule has 0 aliphatic carbocycles. The van der Waals surface area contributed by atoms with Crippen molar-refractivity contribution in [3.05, 3.63) is 30.6 Å². The van der Waals surface area contributed by atoms with E-state index in [-0.39, 0.29) is 0 Å². The number of nitrogens with zero attached hydrogens (tertiary/aromatic N) is 1. The molecule has 0 bridgehead atoms. The molecule has 0 saturated carbocycles. The Labute approximate surface area is 66.1 Å². The number of pyridine rings is 1. The van der Waals surface area contributed by atoms with Gasteiger partial charge in [0.15, 0.2) is 12.4 Å². The van der Waals surface area contributed by atoms with Crippen molar-refractivity contribution < 1.29 is 4.57 Å². The van der Waals surface area contributed by atoms with Gasteiger partial charge in [-0.25, -0.2) is 0 Å². The first-order valence-electron chi connectivity index (χ1n) is 3.33. The van der Waals surface area contributed by atoms with Gasteiger partial charge in [-0.1, -0.05) is 17.8 Å². The smallest absolute Gasteiger partial charge is 0.193 e. The lowest BCUT2D eigenvalue weighted by molar-refractivity contribution is -0.696. The van der Waals surface area contributed by atoms with E-state index in [1.807, 2.05) is 30.0 Å². The van der Waals surface area contributed by atoms with Gasteiger partial charge < -0.3 is 0 Å². The highest BCUT2D eigenvalue weighted by Crippen LogP contribution is 2.09. The van der Waals surface area contributed by atoms with Gasteiger partial charge in [0.1, 0.15) is 0 Å². The lowest BCUT2D eigenvalue weighted by Crippen LogP contribution is -2.34. The van der Waals surface area contributed by atoms with E-state index in [0.29, 0.717) is 5.37 Å². The minimum absolute atomic E-state index is 0.543. The minimum Gasteiger partial charge on any atom is -0.193 e. The maximum absolute atomic E-state index is 2.19. The van der Waals surface area contributed by atoms with Crippen LogP contribution in [-0.4, -0.2) is 6.26 Å². The summed E-state index contributed by atoms with van der Waals surface area (Å²) in [5.74, 6) is 0. The van der Waals surface area contributed by atoms with Crippen molar-refractivity contribution >= 4 is 11.8 Å². The van der Waals surface area contributed by atoms with Crippen LogP contribution in [0.4, 0.5) is 0 Å². The first-order valence-corrected chi connectivity index (χ1v) is 4.62. The molecule has 0 aliphatic rings. The van der Waals surface area contributed by atoms with Crippen molar-refractivity contribution in [2.45, 2.75) is 12.3 Å². The molecule has 0 aromatic carbocycles. The minimum atomic E-state index is 0.543. The highest BCUT2D eigenvalue weighted by Gasteiger charge is 2.06. The summed E-state index contributed by atoms with van der Waals surface area (Å²) in [6.45, 7) is 2.19. The normalized spacial score (nSPS) is 13.0. The zero-order valence-corrected chi connectivity index (χ0v) is 7.14. The number of hydrogen-bond donors (Lipinski definition) is 0. The Morgan fingerprint density at radius 1 is 1.20 bits per heavy atom. The molecule has 0 saturated heterocycles. The van der Waals surface area contributed by atoms with E-state index in [2.05, 4.69) is 30.1 Å². The molecule has 1 aromatic heterocycles. The molecule has 0 spiro atoms. The second-order valence-electron chi connectivity index (χ2n) is 2.16. The molecule has 0 fully saturated rings. The molecular weight excluding hydrogens is 142 g/mol. The average Bonchev–Trinajstić information content (AvgIpc) is 2.05. The highest BCUT2D eigenvalue weighted by molar-refractivity contribution is 7.98. The van der Waals surface area contributed by atoms with Gasteiger partial charge in [-0.2, -0.15) is 4.57 Å². The van der Waals surface area contributed by atoms with Crippen LogP contribution in [0.5, 0.6) is 0 Å². The maximum atomic E-state index is 2.19. The highest BCUT2D eigenvalue weighted by atomic mass is 32.2. The van der Waals surface area contributed by atoms with E-state index >= 15 is 0 Å². The van der Waals surface area contributed by atoms with E-state index in [1.54, 1.807) is 0 Å². The third kappa shape index (κ3) is 1.74. The molecule has 0 amide bonds. The molecule has 0 N–H and O–H groups in total. The van der Waals surface area contributed by atoms with Gasteiger partial charge in [0.25, 0.3) is 0 Å². The maximum Gasteiger partial charge on any atom is 0.201 e. The van der Waals surface area contributed by atoms with Crippen LogP contribution in [0.2, 0.25) is 0 Å².